The third kappa shape index (κ3) is 4.53. The number of nitrogens with two attached hydrogens (primary N) is 1. The van der Waals surface area contributed by atoms with Crippen LogP contribution < -0.4 is 27.2 Å². The number of hydrogen-bond donors (Lipinski definition) is 3. The Morgan fingerprint density at radius 2 is 2.00 bits per heavy atom. The van der Waals surface area contributed by atoms with Crippen LogP contribution in [0, 0.1) is 5.92 Å². The first-order chi connectivity index (χ1) is 14.7. The van der Waals surface area contributed by atoms with Crippen molar-refractivity contribution in [1.29, 1.82) is 0 Å². The first-order valence-corrected chi connectivity index (χ1v) is 10.1. The molecule has 1 atom stereocenters. The molecule has 2 heterocycles. The quantitative estimate of drug-likeness (QED) is 0.597. The fourth-order valence-electron chi connectivity index (χ4n) is 3.72. The maximum absolute atomic E-state index is 13.6. The van der Waals surface area contributed by atoms with Gasteiger partial charge in [0.25, 0.3) is 5.56 Å². The molecule has 0 saturated carbocycles. The Labute approximate surface area is 179 Å². The Kier molecular flexibility index (Phi) is 6.59. The molecule has 10 heteroatoms. The Hall–Kier alpha value is -3.40. The summed E-state index contributed by atoms with van der Waals surface area (Å²) in [5, 5.41) is 2.76. The smallest absolute Gasteiger partial charge is 0.330 e. The molecule has 0 fully saturated rings. The number of H-pyrrole nitrogens is 1. The molecule has 4 N–H and O–H groups in total. The van der Waals surface area contributed by atoms with Gasteiger partial charge >= 0.3 is 5.69 Å². The van der Waals surface area contributed by atoms with E-state index in [9.17, 15) is 19.2 Å². The van der Waals surface area contributed by atoms with Crippen molar-refractivity contribution >= 4 is 29.0 Å². The standard InChI is InChI=1S/C21H27N5O5/c1-12(2)11-26-18(22)17(19(28)24-21(26)30)25(8-9-31-3)20(29)14-10-16(27)23-15-7-5-4-6-13(14)15/h4-7,12,14H,8-11,22H2,1-3H3,(H,23,27)(H,24,28,30). The van der Waals surface area contributed by atoms with Gasteiger partial charge in [-0.1, -0.05) is 32.0 Å². The predicted molar refractivity (Wildman–Crippen MR) is 117 cm³/mol. The van der Waals surface area contributed by atoms with Crippen LogP contribution >= 0.6 is 0 Å². The number of nitrogens with zero attached hydrogens (tertiary/aromatic N) is 2. The molecule has 1 aliphatic rings. The lowest BCUT2D eigenvalue weighted by atomic mass is 9.89. The number of anilines is 3. The van der Waals surface area contributed by atoms with E-state index in [0.717, 1.165) is 0 Å². The number of hydrogen-bond acceptors (Lipinski definition) is 6. The molecule has 31 heavy (non-hydrogen) atoms. The summed E-state index contributed by atoms with van der Waals surface area (Å²) >= 11 is 0. The Morgan fingerprint density at radius 3 is 2.68 bits per heavy atom. The Morgan fingerprint density at radius 1 is 1.29 bits per heavy atom. The number of amides is 2. The summed E-state index contributed by atoms with van der Waals surface area (Å²) in [5.41, 5.74) is 5.91. The van der Waals surface area contributed by atoms with Crippen molar-refractivity contribution in [1.82, 2.24) is 9.55 Å². The molecule has 1 aliphatic heterocycles. The van der Waals surface area contributed by atoms with Gasteiger partial charge in [-0.25, -0.2) is 4.79 Å². The van der Waals surface area contributed by atoms with E-state index in [2.05, 4.69) is 10.3 Å². The zero-order valence-electron chi connectivity index (χ0n) is 17.8. The molecule has 0 spiro atoms. The molecule has 1 unspecified atom stereocenters. The van der Waals surface area contributed by atoms with Crippen LogP contribution in [0.5, 0.6) is 0 Å². The van der Waals surface area contributed by atoms with E-state index < -0.39 is 23.1 Å². The van der Waals surface area contributed by atoms with Crippen molar-refractivity contribution < 1.29 is 14.3 Å². The van der Waals surface area contributed by atoms with Crippen molar-refractivity contribution in [2.24, 2.45) is 5.92 Å². The number of benzene rings is 1. The van der Waals surface area contributed by atoms with Crippen LogP contribution in [0.1, 0.15) is 31.7 Å². The number of carbonyl (C=O) groups is 2. The zero-order valence-corrected chi connectivity index (χ0v) is 17.8. The lowest BCUT2D eigenvalue weighted by molar-refractivity contribution is -0.124. The monoisotopic (exact) mass is 429 g/mol. The van der Waals surface area contributed by atoms with E-state index in [1.54, 1.807) is 24.3 Å². The van der Waals surface area contributed by atoms with Crippen LogP contribution in [0.15, 0.2) is 33.9 Å². The molecular formula is C21H27N5O5. The van der Waals surface area contributed by atoms with Crippen molar-refractivity contribution in [3.8, 4) is 0 Å². The average Bonchev–Trinajstić information content (AvgIpc) is 2.72. The number of aromatic amines is 1. The highest BCUT2D eigenvalue weighted by atomic mass is 16.5. The summed E-state index contributed by atoms with van der Waals surface area (Å²) in [6.45, 7) is 4.25. The van der Waals surface area contributed by atoms with Crippen molar-refractivity contribution in [2.75, 3.05) is 36.2 Å². The number of ether oxygens (including phenoxy) is 1. The SMILES string of the molecule is COCCN(C(=O)C1CC(=O)Nc2ccccc21)c1c(N)n(CC(C)C)c(=O)[nH]c1=O. The molecule has 0 radical (unpaired) electrons. The van der Waals surface area contributed by atoms with Crippen LogP contribution in [-0.4, -0.2) is 41.6 Å². The number of carbonyl (C=O) groups excluding carboxylic acids is 2. The number of nitrogens with one attached hydrogen (secondary N) is 2. The highest BCUT2D eigenvalue weighted by Crippen LogP contribution is 2.34. The van der Waals surface area contributed by atoms with Gasteiger partial charge in [0.05, 0.1) is 12.5 Å². The van der Waals surface area contributed by atoms with E-state index in [0.29, 0.717) is 11.3 Å². The molecule has 2 amide bonds. The summed E-state index contributed by atoms with van der Waals surface area (Å²) in [5.74, 6) is -1.58. The second-order valence-electron chi connectivity index (χ2n) is 7.87. The van der Waals surface area contributed by atoms with E-state index in [1.165, 1.54) is 16.6 Å². The second kappa shape index (κ2) is 9.17. The fourth-order valence-corrected chi connectivity index (χ4v) is 3.72. The Balaban J connectivity index is 2.12. The molecule has 0 bridgehead atoms. The van der Waals surface area contributed by atoms with Gasteiger partial charge in [-0.3, -0.25) is 23.9 Å². The highest BCUT2D eigenvalue weighted by Gasteiger charge is 2.35. The van der Waals surface area contributed by atoms with Crippen molar-refractivity contribution in [3.63, 3.8) is 0 Å². The normalized spacial score (nSPS) is 15.5. The summed E-state index contributed by atoms with van der Waals surface area (Å²) in [6.07, 6.45) is -0.0667. The lowest BCUT2D eigenvalue weighted by Crippen LogP contribution is -2.45. The maximum atomic E-state index is 13.6. The van der Waals surface area contributed by atoms with Gasteiger partial charge in [-0.05, 0) is 17.5 Å². The molecule has 0 saturated heterocycles. The summed E-state index contributed by atoms with van der Waals surface area (Å²) in [4.78, 5) is 54.4. The first kappa shape index (κ1) is 22.3. The predicted octanol–water partition coefficient (Wildman–Crippen LogP) is 0.880. The van der Waals surface area contributed by atoms with E-state index in [1.807, 2.05) is 13.8 Å². The first-order valence-electron chi connectivity index (χ1n) is 10.1. The second-order valence-corrected chi connectivity index (χ2v) is 7.87. The zero-order chi connectivity index (χ0) is 22.7. The minimum Gasteiger partial charge on any atom is -0.383 e. The number of rotatable bonds is 7. The largest absolute Gasteiger partial charge is 0.383 e. The number of fused-ring (bicyclic) bond motifs is 1. The number of aromatic nitrogens is 2. The molecule has 3 rings (SSSR count). The van der Waals surface area contributed by atoms with Gasteiger partial charge in [0.2, 0.25) is 11.8 Å². The highest BCUT2D eigenvalue weighted by molar-refractivity contribution is 6.06. The van der Waals surface area contributed by atoms with E-state index in [4.69, 9.17) is 10.5 Å². The van der Waals surface area contributed by atoms with Gasteiger partial charge in [0.1, 0.15) is 5.82 Å². The van der Waals surface area contributed by atoms with Gasteiger partial charge in [-0.15, -0.1) is 0 Å². The number of nitrogen functional groups attached to an aromatic ring is 1. The molecule has 1 aromatic heterocycles. The van der Waals surface area contributed by atoms with Crippen LogP contribution in [0.3, 0.4) is 0 Å². The summed E-state index contributed by atoms with van der Waals surface area (Å²) in [6, 6.07) is 7.02. The molecule has 2 aromatic rings. The summed E-state index contributed by atoms with van der Waals surface area (Å²) in [7, 11) is 1.47. The minimum absolute atomic E-state index is 0.0305. The van der Waals surface area contributed by atoms with Gasteiger partial charge in [0, 0.05) is 32.3 Å². The molecule has 1 aromatic carbocycles. The number of para-hydroxylation sites is 1. The topological polar surface area (TPSA) is 140 Å². The number of methoxy groups -OCH3 is 1. The van der Waals surface area contributed by atoms with Crippen molar-refractivity contribution in [3.05, 3.63) is 50.7 Å². The third-order valence-electron chi connectivity index (χ3n) is 5.11. The fraction of sp³-hybridized carbons (Fsp3) is 0.429. The maximum Gasteiger partial charge on any atom is 0.330 e. The van der Waals surface area contributed by atoms with Gasteiger partial charge < -0.3 is 20.7 Å². The summed E-state index contributed by atoms with van der Waals surface area (Å²) < 4.78 is 6.37. The molecule has 10 nitrogen and oxygen atoms in total. The minimum atomic E-state index is -0.800. The molecular weight excluding hydrogens is 402 g/mol. The third-order valence-corrected chi connectivity index (χ3v) is 5.11. The molecule has 0 aliphatic carbocycles. The van der Waals surface area contributed by atoms with Crippen LogP contribution in [0.25, 0.3) is 0 Å². The van der Waals surface area contributed by atoms with E-state index in [-0.39, 0.29) is 49.4 Å². The lowest BCUT2D eigenvalue weighted by Gasteiger charge is -2.31. The van der Waals surface area contributed by atoms with Crippen LogP contribution in [0.4, 0.5) is 17.2 Å². The van der Waals surface area contributed by atoms with Crippen LogP contribution in [0.2, 0.25) is 0 Å². The molecule has 166 valence electrons. The van der Waals surface area contributed by atoms with Crippen molar-refractivity contribution in [2.45, 2.75) is 32.7 Å². The van der Waals surface area contributed by atoms with E-state index >= 15 is 0 Å². The van der Waals surface area contributed by atoms with Gasteiger partial charge in [-0.2, -0.15) is 0 Å². The van der Waals surface area contributed by atoms with Crippen LogP contribution in [-0.2, 0) is 20.9 Å². The van der Waals surface area contributed by atoms with Gasteiger partial charge in [0.15, 0.2) is 5.69 Å². The average molecular weight is 429 g/mol. The Bertz CT molecular complexity index is 1100.